The number of rotatable bonds is 2. The smallest absolute Gasteiger partial charge is 0.267 e. The van der Waals surface area contributed by atoms with E-state index < -0.39 is 0 Å². The van der Waals surface area contributed by atoms with Gasteiger partial charge in [-0.25, -0.2) is 4.98 Å². The molecule has 0 fully saturated rings. The van der Waals surface area contributed by atoms with Gasteiger partial charge >= 0.3 is 0 Å². The normalized spacial score (nSPS) is 10.6. The minimum Gasteiger partial charge on any atom is -0.398 e. The van der Waals surface area contributed by atoms with Crippen LogP contribution in [0.15, 0.2) is 33.8 Å². The lowest BCUT2D eigenvalue weighted by atomic mass is 10.2. The summed E-state index contributed by atoms with van der Waals surface area (Å²) in [7, 11) is 0. The van der Waals surface area contributed by atoms with Crippen molar-refractivity contribution in [1.29, 1.82) is 0 Å². The van der Waals surface area contributed by atoms with Crippen LogP contribution in [0.5, 0.6) is 0 Å². The van der Waals surface area contributed by atoms with Crippen molar-refractivity contribution in [3.8, 4) is 0 Å². The first-order valence-corrected chi connectivity index (χ1v) is 7.12. The summed E-state index contributed by atoms with van der Waals surface area (Å²) in [6.07, 6.45) is 1.55. The van der Waals surface area contributed by atoms with Gasteiger partial charge in [-0.3, -0.25) is 9.36 Å². The molecule has 0 atom stereocenters. The molecule has 0 spiro atoms. The van der Waals surface area contributed by atoms with E-state index in [9.17, 15) is 4.79 Å². The van der Waals surface area contributed by atoms with Crippen LogP contribution in [-0.2, 0) is 6.54 Å². The Morgan fingerprint density at radius 2 is 2.22 bits per heavy atom. The summed E-state index contributed by atoms with van der Waals surface area (Å²) < 4.78 is 3.09. The first-order chi connectivity index (χ1) is 8.50. The molecule has 1 aromatic carbocycles. The Hall–Kier alpha value is -0.890. The number of aromatic nitrogens is 2. The Kier molecular flexibility index (Phi) is 4.06. The average molecular weight is 420 g/mol. The average Bonchev–Trinajstić information content (AvgIpc) is 2.34. The molecular weight excluding hydrogens is 409 g/mol. The second-order valence-electron chi connectivity index (χ2n) is 3.88. The second kappa shape index (κ2) is 5.40. The van der Waals surface area contributed by atoms with Gasteiger partial charge < -0.3 is 5.73 Å². The standard InChI is InChI=1S/C12H11BrIN3O/c1-7-11(14)12(18)17(6-16-7)5-8-9(13)3-2-4-10(8)15/h2-4,6H,5,15H2,1H3. The Bertz CT molecular complexity index is 634. The third kappa shape index (κ3) is 2.59. The fraction of sp³-hybridized carbons (Fsp3) is 0.167. The van der Waals surface area contributed by atoms with Crippen LogP contribution in [0, 0.1) is 10.5 Å². The molecule has 1 aromatic heterocycles. The molecule has 0 aliphatic rings. The maximum atomic E-state index is 12.1. The van der Waals surface area contributed by atoms with Gasteiger partial charge in [0.15, 0.2) is 0 Å². The molecule has 0 aliphatic heterocycles. The third-order valence-electron chi connectivity index (χ3n) is 2.64. The van der Waals surface area contributed by atoms with E-state index in [1.807, 2.05) is 47.7 Å². The second-order valence-corrected chi connectivity index (χ2v) is 5.82. The van der Waals surface area contributed by atoms with Gasteiger partial charge in [0.2, 0.25) is 0 Å². The van der Waals surface area contributed by atoms with Crippen molar-refractivity contribution in [3.05, 3.63) is 54.2 Å². The van der Waals surface area contributed by atoms with E-state index in [0.717, 1.165) is 15.7 Å². The summed E-state index contributed by atoms with van der Waals surface area (Å²) in [5.74, 6) is 0. The summed E-state index contributed by atoms with van der Waals surface area (Å²) in [5.41, 5.74) is 8.17. The monoisotopic (exact) mass is 419 g/mol. The molecule has 6 heteroatoms. The van der Waals surface area contributed by atoms with Gasteiger partial charge in [-0.15, -0.1) is 0 Å². The van der Waals surface area contributed by atoms with Crippen LogP contribution in [0.2, 0.25) is 0 Å². The highest BCUT2D eigenvalue weighted by Gasteiger charge is 2.09. The van der Waals surface area contributed by atoms with Gasteiger partial charge in [0.25, 0.3) is 5.56 Å². The van der Waals surface area contributed by atoms with Crippen molar-refractivity contribution >= 4 is 44.2 Å². The molecule has 1 heterocycles. The topological polar surface area (TPSA) is 60.9 Å². The largest absolute Gasteiger partial charge is 0.398 e. The minimum absolute atomic E-state index is 0.0433. The predicted molar refractivity (Wildman–Crippen MR) is 83.6 cm³/mol. The zero-order valence-electron chi connectivity index (χ0n) is 9.65. The summed E-state index contributed by atoms with van der Waals surface area (Å²) in [4.78, 5) is 16.3. The highest BCUT2D eigenvalue weighted by atomic mass is 127. The summed E-state index contributed by atoms with van der Waals surface area (Å²) in [6.45, 7) is 2.23. The van der Waals surface area contributed by atoms with Crippen LogP contribution < -0.4 is 11.3 Å². The highest BCUT2D eigenvalue weighted by Crippen LogP contribution is 2.23. The van der Waals surface area contributed by atoms with Crippen LogP contribution in [-0.4, -0.2) is 9.55 Å². The molecule has 4 nitrogen and oxygen atoms in total. The lowest BCUT2D eigenvalue weighted by molar-refractivity contribution is 0.723. The van der Waals surface area contributed by atoms with Gasteiger partial charge in [-0.05, 0) is 41.6 Å². The molecule has 0 amide bonds. The van der Waals surface area contributed by atoms with E-state index in [1.165, 1.54) is 0 Å². The van der Waals surface area contributed by atoms with E-state index in [2.05, 4.69) is 20.9 Å². The zero-order chi connectivity index (χ0) is 13.3. The molecule has 18 heavy (non-hydrogen) atoms. The quantitative estimate of drug-likeness (QED) is 0.601. The maximum Gasteiger partial charge on any atom is 0.267 e. The lowest BCUT2D eigenvalue weighted by Gasteiger charge is -2.11. The van der Waals surface area contributed by atoms with Crippen LogP contribution in [0.4, 0.5) is 5.69 Å². The Morgan fingerprint density at radius 1 is 1.50 bits per heavy atom. The molecule has 94 valence electrons. The van der Waals surface area contributed by atoms with Gasteiger partial charge in [0, 0.05) is 15.7 Å². The number of halogens is 2. The van der Waals surface area contributed by atoms with Crippen LogP contribution >= 0.6 is 38.5 Å². The number of nitrogens with two attached hydrogens (primary N) is 1. The fourth-order valence-corrected chi connectivity index (χ4v) is 2.53. The van der Waals surface area contributed by atoms with Crippen LogP contribution in [0.3, 0.4) is 0 Å². The number of anilines is 1. The van der Waals surface area contributed by atoms with Gasteiger partial charge in [0.1, 0.15) is 0 Å². The van der Waals surface area contributed by atoms with E-state index in [0.29, 0.717) is 15.8 Å². The van der Waals surface area contributed by atoms with Crippen molar-refractivity contribution in [2.45, 2.75) is 13.5 Å². The van der Waals surface area contributed by atoms with Crippen molar-refractivity contribution in [3.63, 3.8) is 0 Å². The van der Waals surface area contributed by atoms with Crippen molar-refractivity contribution in [2.24, 2.45) is 0 Å². The molecule has 0 radical (unpaired) electrons. The third-order valence-corrected chi connectivity index (χ3v) is 4.63. The van der Waals surface area contributed by atoms with E-state index in [4.69, 9.17) is 5.73 Å². The molecular formula is C12H11BrIN3O. The first kappa shape index (κ1) is 13.5. The Labute approximate surface area is 126 Å². The minimum atomic E-state index is -0.0433. The van der Waals surface area contributed by atoms with Crippen LogP contribution in [0.25, 0.3) is 0 Å². The predicted octanol–water partition coefficient (Wildman–Crippen LogP) is 2.55. The number of aryl methyl sites for hydroxylation is 1. The fourth-order valence-electron chi connectivity index (χ4n) is 1.57. The molecule has 2 rings (SSSR count). The zero-order valence-corrected chi connectivity index (χ0v) is 13.4. The van der Waals surface area contributed by atoms with E-state index in [1.54, 1.807) is 10.9 Å². The molecule has 0 bridgehead atoms. The molecule has 2 aromatic rings. The van der Waals surface area contributed by atoms with Crippen molar-refractivity contribution < 1.29 is 0 Å². The Balaban J connectivity index is 2.47. The highest BCUT2D eigenvalue weighted by molar-refractivity contribution is 14.1. The lowest BCUT2D eigenvalue weighted by Crippen LogP contribution is -2.25. The first-order valence-electron chi connectivity index (χ1n) is 5.25. The molecule has 0 saturated carbocycles. The summed E-state index contributed by atoms with van der Waals surface area (Å²) in [5, 5.41) is 0. The van der Waals surface area contributed by atoms with E-state index >= 15 is 0 Å². The maximum absolute atomic E-state index is 12.1. The number of hydrogen-bond donors (Lipinski definition) is 1. The molecule has 0 aliphatic carbocycles. The van der Waals surface area contributed by atoms with Gasteiger partial charge in [0.05, 0.1) is 22.1 Å². The molecule has 0 unspecified atom stereocenters. The van der Waals surface area contributed by atoms with Crippen molar-refractivity contribution in [1.82, 2.24) is 9.55 Å². The summed E-state index contributed by atoms with van der Waals surface area (Å²) in [6, 6.07) is 5.59. The number of hydrogen-bond acceptors (Lipinski definition) is 3. The molecule has 2 N–H and O–H groups in total. The van der Waals surface area contributed by atoms with Crippen molar-refractivity contribution in [2.75, 3.05) is 5.73 Å². The van der Waals surface area contributed by atoms with Gasteiger partial charge in [-0.2, -0.15) is 0 Å². The van der Waals surface area contributed by atoms with E-state index in [-0.39, 0.29) is 5.56 Å². The van der Waals surface area contributed by atoms with Gasteiger partial charge in [-0.1, -0.05) is 22.0 Å². The SMILES string of the molecule is Cc1ncn(Cc2c(N)cccc2Br)c(=O)c1I. The molecule has 0 saturated heterocycles. The Morgan fingerprint density at radius 3 is 2.89 bits per heavy atom. The van der Waals surface area contributed by atoms with Crippen LogP contribution in [0.1, 0.15) is 11.3 Å². The number of nitrogens with zero attached hydrogens (tertiary/aromatic N) is 2. The summed E-state index contributed by atoms with van der Waals surface area (Å²) >= 11 is 5.46. The number of benzene rings is 1. The number of nitrogen functional groups attached to an aromatic ring is 1.